The Kier molecular flexibility index (Phi) is 7.99. The summed E-state index contributed by atoms with van der Waals surface area (Å²) in [5.74, 6) is 1.50. The van der Waals surface area contributed by atoms with Crippen LogP contribution >= 0.6 is 0 Å². The molecule has 0 unspecified atom stereocenters. The third-order valence-electron chi connectivity index (χ3n) is 6.06. The molecule has 1 fully saturated rings. The molecule has 182 valence electrons. The molecular weight excluding hydrogens is 452 g/mol. The Hall–Kier alpha value is -2.72. The summed E-state index contributed by atoms with van der Waals surface area (Å²) in [6.07, 6.45) is 3.61. The largest absolute Gasteiger partial charge is 0.497 e. The highest BCUT2D eigenvalue weighted by molar-refractivity contribution is 7.89. The first kappa shape index (κ1) is 24.4. The van der Waals surface area contributed by atoms with Crippen molar-refractivity contribution in [1.29, 1.82) is 0 Å². The van der Waals surface area contributed by atoms with Gasteiger partial charge in [-0.25, -0.2) is 13.4 Å². The Morgan fingerprint density at radius 1 is 1.06 bits per heavy atom. The van der Waals surface area contributed by atoms with Crippen LogP contribution in [0.4, 0.5) is 0 Å². The third kappa shape index (κ3) is 6.04. The number of nitrogens with zero attached hydrogens (tertiary/aromatic N) is 4. The van der Waals surface area contributed by atoms with E-state index < -0.39 is 10.0 Å². The first-order valence-electron chi connectivity index (χ1n) is 11.5. The quantitative estimate of drug-likeness (QED) is 0.441. The molecule has 0 atom stereocenters. The van der Waals surface area contributed by atoms with E-state index in [9.17, 15) is 8.42 Å². The lowest BCUT2D eigenvalue weighted by atomic mass is 10.2. The van der Waals surface area contributed by atoms with Crippen LogP contribution in [0.2, 0.25) is 0 Å². The lowest BCUT2D eigenvalue weighted by molar-refractivity contribution is 0.0360. The van der Waals surface area contributed by atoms with Gasteiger partial charge in [-0.15, -0.1) is 0 Å². The van der Waals surface area contributed by atoms with Crippen LogP contribution in [-0.2, 0) is 27.8 Å². The second-order valence-corrected chi connectivity index (χ2v) is 10.4. The fourth-order valence-electron chi connectivity index (χ4n) is 3.94. The third-order valence-corrected chi connectivity index (χ3v) is 7.92. The molecule has 1 aliphatic heterocycles. The number of morpholine rings is 1. The average molecular weight is 485 g/mol. The van der Waals surface area contributed by atoms with Crippen molar-refractivity contribution in [3.8, 4) is 5.75 Å². The summed E-state index contributed by atoms with van der Waals surface area (Å²) in [4.78, 5) is 7.04. The number of hydrogen-bond donors (Lipinski definition) is 0. The van der Waals surface area contributed by atoms with E-state index in [0.717, 1.165) is 30.0 Å². The first-order valence-corrected chi connectivity index (χ1v) is 12.9. The van der Waals surface area contributed by atoms with Gasteiger partial charge in [0.05, 0.1) is 31.8 Å². The molecule has 1 saturated heterocycles. The van der Waals surface area contributed by atoms with Gasteiger partial charge in [-0.1, -0.05) is 29.8 Å². The van der Waals surface area contributed by atoms with Gasteiger partial charge in [0.15, 0.2) is 0 Å². The minimum atomic E-state index is -3.69. The van der Waals surface area contributed by atoms with Gasteiger partial charge in [-0.2, -0.15) is 4.31 Å². The van der Waals surface area contributed by atoms with E-state index in [2.05, 4.69) is 9.88 Å². The van der Waals surface area contributed by atoms with Gasteiger partial charge in [-0.3, -0.25) is 4.90 Å². The monoisotopic (exact) mass is 484 g/mol. The highest BCUT2D eigenvalue weighted by Gasteiger charge is 2.27. The summed E-state index contributed by atoms with van der Waals surface area (Å²) in [5, 5.41) is 0. The summed E-state index contributed by atoms with van der Waals surface area (Å²) >= 11 is 0. The van der Waals surface area contributed by atoms with Crippen molar-refractivity contribution < 1.29 is 17.9 Å². The van der Waals surface area contributed by atoms with Crippen molar-refractivity contribution in [2.24, 2.45) is 0 Å². The number of benzene rings is 2. The van der Waals surface area contributed by atoms with Crippen LogP contribution in [0, 0.1) is 6.92 Å². The predicted octanol–water partition coefficient (Wildman–Crippen LogP) is 2.77. The van der Waals surface area contributed by atoms with Gasteiger partial charge in [0.25, 0.3) is 0 Å². The number of methoxy groups -OCH3 is 1. The molecule has 0 spiro atoms. The van der Waals surface area contributed by atoms with Crippen LogP contribution in [0.15, 0.2) is 65.8 Å². The molecule has 3 aromatic rings. The Morgan fingerprint density at radius 3 is 2.44 bits per heavy atom. The van der Waals surface area contributed by atoms with Gasteiger partial charge in [-0.05, 0) is 36.8 Å². The molecule has 0 aliphatic carbocycles. The zero-order valence-electron chi connectivity index (χ0n) is 19.8. The van der Waals surface area contributed by atoms with Crippen LogP contribution in [0.5, 0.6) is 5.75 Å². The molecule has 1 aliphatic rings. The van der Waals surface area contributed by atoms with Gasteiger partial charge < -0.3 is 14.0 Å². The number of imidazole rings is 1. The predicted molar refractivity (Wildman–Crippen MR) is 130 cm³/mol. The Morgan fingerprint density at radius 2 is 1.76 bits per heavy atom. The van der Waals surface area contributed by atoms with E-state index in [4.69, 9.17) is 9.47 Å². The first-order chi connectivity index (χ1) is 16.5. The zero-order chi connectivity index (χ0) is 24.0. The van der Waals surface area contributed by atoms with Crippen molar-refractivity contribution >= 4 is 10.0 Å². The van der Waals surface area contributed by atoms with E-state index in [1.54, 1.807) is 29.7 Å². The molecular formula is C25H32N4O4S. The number of aryl methyl sites for hydroxylation is 1. The molecule has 2 aromatic carbocycles. The van der Waals surface area contributed by atoms with Crippen LogP contribution in [-0.4, -0.2) is 73.7 Å². The lowest BCUT2D eigenvalue weighted by Gasteiger charge is -2.29. The minimum Gasteiger partial charge on any atom is -0.497 e. The lowest BCUT2D eigenvalue weighted by Crippen LogP contribution is -2.43. The highest BCUT2D eigenvalue weighted by atomic mass is 32.2. The fraction of sp³-hybridized carbons (Fsp3) is 0.400. The van der Waals surface area contributed by atoms with E-state index in [-0.39, 0.29) is 6.54 Å². The second-order valence-electron chi connectivity index (χ2n) is 8.43. The number of sulfonamides is 1. The normalized spacial score (nSPS) is 15.0. The van der Waals surface area contributed by atoms with Crippen molar-refractivity contribution in [3.63, 3.8) is 0 Å². The van der Waals surface area contributed by atoms with Gasteiger partial charge >= 0.3 is 0 Å². The van der Waals surface area contributed by atoms with Crippen LogP contribution in [0.3, 0.4) is 0 Å². The molecule has 0 saturated carbocycles. The molecule has 34 heavy (non-hydrogen) atoms. The highest BCUT2D eigenvalue weighted by Crippen LogP contribution is 2.20. The SMILES string of the molecule is COc1ccc(Cn2ccnc2CN(CCN2CCOCC2)S(=O)(=O)c2ccc(C)cc2)cc1. The van der Waals surface area contributed by atoms with Crippen LogP contribution in [0.1, 0.15) is 17.0 Å². The smallest absolute Gasteiger partial charge is 0.243 e. The summed E-state index contributed by atoms with van der Waals surface area (Å²) in [7, 11) is -2.05. The van der Waals surface area contributed by atoms with E-state index in [0.29, 0.717) is 43.6 Å². The maximum atomic E-state index is 13.6. The van der Waals surface area contributed by atoms with Crippen molar-refractivity contribution in [2.75, 3.05) is 46.5 Å². The molecule has 2 heterocycles. The Balaban J connectivity index is 1.55. The molecule has 0 bridgehead atoms. The van der Waals surface area contributed by atoms with E-state index in [1.807, 2.05) is 54.1 Å². The maximum absolute atomic E-state index is 13.6. The van der Waals surface area contributed by atoms with Gasteiger partial charge in [0, 0.05) is 45.1 Å². The molecule has 0 N–H and O–H groups in total. The second kappa shape index (κ2) is 11.1. The molecule has 0 amide bonds. The maximum Gasteiger partial charge on any atom is 0.243 e. The molecule has 0 radical (unpaired) electrons. The Bertz CT molecular complexity index is 1150. The van der Waals surface area contributed by atoms with E-state index in [1.165, 1.54) is 0 Å². The average Bonchev–Trinajstić information content (AvgIpc) is 3.29. The number of ether oxygens (including phenoxy) is 2. The minimum absolute atomic E-state index is 0.198. The standard InChI is InChI=1S/C25H32N4O4S/c1-21-3-9-24(10-4-21)34(30,31)29(14-13-27-15-17-33-18-16-27)20-25-26-11-12-28(25)19-22-5-7-23(32-2)8-6-22/h3-12H,13-20H2,1-2H3. The Labute approximate surface area is 201 Å². The fourth-order valence-corrected chi connectivity index (χ4v) is 5.33. The van der Waals surface area contributed by atoms with Crippen molar-refractivity contribution in [1.82, 2.24) is 18.8 Å². The summed E-state index contributed by atoms with van der Waals surface area (Å²) < 4.78 is 41.4. The topological polar surface area (TPSA) is 76.9 Å². The number of rotatable bonds is 10. The summed E-state index contributed by atoms with van der Waals surface area (Å²) in [6.45, 7) is 6.75. The zero-order valence-corrected chi connectivity index (χ0v) is 20.6. The molecule has 9 heteroatoms. The molecule has 4 rings (SSSR count). The van der Waals surface area contributed by atoms with Gasteiger partial charge in [0.1, 0.15) is 11.6 Å². The van der Waals surface area contributed by atoms with Crippen molar-refractivity contribution in [3.05, 3.63) is 77.9 Å². The van der Waals surface area contributed by atoms with Crippen LogP contribution < -0.4 is 4.74 Å². The van der Waals surface area contributed by atoms with E-state index >= 15 is 0 Å². The summed E-state index contributed by atoms with van der Waals surface area (Å²) in [5.41, 5.74) is 2.11. The van der Waals surface area contributed by atoms with Gasteiger partial charge in [0.2, 0.25) is 10.0 Å². The molecule has 1 aromatic heterocycles. The van der Waals surface area contributed by atoms with Crippen molar-refractivity contribution in [2.45, 2.75) is 24.9 Å². The number of hydrogen-bond acceptors (Lipinski definition) is 6. The van der Waals surface area contributed by atoms with Crippen LogP contribution in [0.25, 0.3) is 0 Å². The molecule has 8 nitrogen and oxygen atoms in total. The number of aromatic nitrogens is 2. The summed E-state index contributed by atoms with van der Waals surface area (Å²) in [6, 6.07) is 14.9.